The van der Waals surface area contributed by atoms with Crippen molar-refractivity contribution < 1.29 is 35.0 Å². The van der Waals surface area contributed by atoms with Crippen molar-refractivity contribution in [3.8, 4) is 5.75 Å². The van der Waals surface area contributed by atoms with Gasteiger partial charge in [0.15, 0.2) is 0 Å². The molecule has 0 saturated heterocycles. The molecule has 1 radical (unpaired) electrons. The average Bonchev–Trinajstić information content (AvgIpc) is 3.16. The van der Waals surface area contributed by atoms with Crippen LogP contribution in [0.15, 0.2) is 89.5 Å². The molecule has 40 heavy (non-hydrogen) atoms. The zero-order chi connectivity index (χ0) is 28.8. The molecule has 0 fully saturated rings. The molecule has 8 nitrogen and oxygen atoms in total. The Hall–Kier alpha value is -3.44. The van der Waals surface area contributed by atoms with E-state index in [0.717, 1.165) is 34.8 Å². The molecular weight excluding hydrogens is 571 g/mol. The van der Waals surface area contributed by atoms with Crippen LogP contribution in [0, 0.1) is 10.8 Å². The number of fused-ring (bicyclic) bond motifs is 1. The summed E-state index contributed by atoms with van der Waals surface area (Å²) in [4.78, 5) is 2.50. The van der Waals surface area contributed by atoms with Crippen molar-refractivity contribution in [2.24, 2.45) is 0 Å². The number of likely N-dealkylation sites (N-methyl/N-ethyl adjacent to an activating group) is 1. The normalized spacial score (nSPS) is 16.9. The van der Waals surface area contributed by atoms with Gasteiger partial charge in [-0.25, -0.2) is 12.7 Å². The molecule has 215 valence electrons. The van der Waals surface area contributed by atoms with Gasteiger partial charge >= 0.3 is 0 Å². The van der Waals surface area contributed by atoms with Gasteiger partial charge in [-0.1, -0.05) is 30.3 Å². The number of methoxy groups -OCH3 is 1. The van der Waals surface area contributed by atoms with Crippen molar-refractivity contribution in [1.29, 1.82) is 10.8 Å². The first-order chi connectivity index (χ1) is 18.5. The monoisotopic (exact) mass is 607 g/mol. The molecule has 3 aromatic rings. The minimum absolute atomic E-state index is 0. The molecular formula is C30H36CoN4O4S. The van der Waals surface area contributed by atoms with Crippen LogP contribution in [0.5, 0.6) is 5.75 Å². The van der Waals surface area contributed by atoms with Crippen molar-refractivity contribution in [2.45, 2.75) is 30.6 Å². The van der Waals surface area contributed by atoms with E-state index in [4.69, 9.17) is 20.7 Å². The Morgan fingerprint density at radius 3 is 2.17 bits per heavy atom. The summed E-state index contributed by atoms with van der Waals surface area (Å²) in [6.45, 7) is 5.05. The van der Waals surface area contributed by atoms with Gasteiger partial charge in [-0.2, -0.15) is 0 Å². The Labute approximate surface area is 247 Å². The number of anilines is 1. The summed E-state index contributed by atoms with van der Waals surface area (Å²) >= 11 is 0. The minimum Gasteiger partial charge on any atom is -0.497 e. The fraction of sp³-hybridized carbons (Fsp3) is 0.267. The van der Waals surface area contributed by atoms with Gasteiger partial charge in [0.2, 0.25) is 15.9 Å². The van der Waals surface area contributed by atoms with Crippen LogP contribution in [-0.4, -0.2) is 57.7 Å². The Bertz CT molecular complexity index is 1460. The molecule has 0 saturated carbocycles. The number of sulfonamides is 1. The maximum absolute atomic E-state index is 12.4. The largest absolute Gasteiger partial charge is 0.497 e. The smallest absolute Gasteiger partial charge is 0.242 e. The first kappa shape index (κ1) is 32.8. The third-order valence-corrected chi connectivity index (χ3v) is 8.64. The standard InChI is InChI=1S/C23H29N3O3S.C7H7NO.Co/c1-6-26-21-12-9-18(29-5)15-20(21)23(2,22(26)13-14-24)16-17-7-10-19(11-8-17)30(27,28)25(3)4;8-7(9)6-4-2-1-3-5-6;/h7-15,24H,6,16H2,1-5H3;1-5H,(H2,8,9);/b22-13-,24-14?;;. The Kier molecular flexibility index (Phi) is 11.3. The zero-order valence-corrected chi connectivity index (χ0v) is 25.2. The van der Waals surface area contributed by atoms with Gasteiger partial charge in [-0.05, 0) is 79.9 Å². The molecule has 1 aliphatic rings. The van der Waals surface area contributed by atoms with Crippen LogP contribution in [0.4, 0.5) is 5.69 Å². The van der Waals surface area contributed by atoms with Gasteiger partial charge in [-0.15, -0.1) is 0 Å². The van der Waals surface area contributed by atoms with Gasteiger partial charge in [0.05, 0.1) is 12.0 Å². The molecule has 3 aromatic carbocycles. The fourth-order valence-electron chi connectivity index (χ4n) is 4.76. The van der Waals surface area contributed by atoms with Crippen LogP contribution >= 0.6 is 0 Å². The number of nitrogens with zero attached hydrogens (tertiary/aromatic N) is 2. The first-order valence-corrected chi connectivity index (χ1v) is 13.9. The second-order valence-corrected chi connectivity index (χ2v) is 11.7. The molecule has 10 heteroatoms. The van der Waals surface area contributed by atoms with E-state index in [1.54, 1.807) is 43.5 Å². The van der Waals surface area contributed by atoms with Crippen LogP contribution in [0.1, 0.15) is 30.5 Å². The van der Waals surface area contributed by atoms with E-state index in [1.807, 2.05) is 30.3 Å². The molecule has 0 amide bonds. The third kappa shape index (κ3) is 6.82. The summed E-state index contributed by atoms with van der Waals surface area (Å²) in [5.41, 5.74) is 4.50. The van der Waals surface area contributed by atoms with Crippen molar-refractivity contribution >= 4 is 27.8 Å². The summed E-state index contributed by atoms with van der Waals surface area (Å²) in [7, 11) is 1.26. The molecule has 0 bridgehead atoms. The topological polar surface area (TPSA) is 118 Å². The zero-order valence-electron chi connectivity index (χ0n) is 23.3. The molecule has 1 aliphatic heterocycles. The van der Waals surface area contributed by atoms with E-state index >= 15 is 0 Å². The number of allylic oxidation sites excluding steroid dienone is 2. The van der Waals surface area contributed by atoms with E-state index in [0.29, 0.717) is 12.0 Å². The van der Waals surface area contributed by atoms with E-state index in [2.05, 4.69) is 30.9 Å². The Morgan fingerprint density at radius 1 is 1.07 bits per heavy atom. The van der Waals surface area contributed by atoms with Gasteiger partial charge in [-0.3, -0.25) is 5.41 Å². The summed E-state index contributed by atoms with van der Waals surface area (Å²) in [5.74, 6) is 0.412. The second kappa shape index (κ2) is 13.8. The molecule has 1 unspecified atom stereocenters. The Morgan fingerprint density at radius 2 is 1.70 bits per heavy atom. The molecule has 3 N–H and O–H groups in total. The number of rotatable bonds is 8. The average molecular weight is 608 g/mol. The van der Waals surface area contributed by atoms with Gasteiger partial charge < -0.3 is 20.2 Å². The van der Waals surface area contributed by atoms with Gasteiger partial charge in [0, 0.05) is 66.0 Å². The molecule has 4 rings (SSSR count). The van der Waals surface area contributed by atoms with Crippen LogP contribution < -0.4 is 9.64 Å². The number of aliphatic hydroxyl groups is 1. The number of nitrogens with one attached hydrogen (secondary N) is 2. The first-order valence-electron chi connectivity index (χ1n) is 12.5. The molecule has 0 aliphatic carbocycles. The quantitative estimate of drug-likeness (QED) is 0.235. The maximum Gasteiger partial charge on any atom is 0.242 e. The van der Waals surface area contributed by atoms with Crippen molar-refractivity contribution in [3.05, 3.63) is 101 Å². The number of hydrogen-bond acceptors (Lipinski definition) is 6. The summed E-state index contributed by atoms with van der Waals surface area (Å²) in [6, 6.07) is 21.9. The third-order valence-electron chi connectivity index (χ3n) is 6.81. The summed E-state index contributed by atoms with van der Waals surface area (Å²) in [6.07, 6.45) is 3.85. The number of aliphatic hydroxyl groups excluding tert-OH is 1. The molecule has 0 spiro atoms. The summed E-state index contributed by atoms with van der Waals surface area (Å²) < 4.78 is 31.4. The van der Waals surface area contributed by atoms with E-state index < -0.39 is 10.0 Å². The minimum atomic E-state index is -3.46. The number of ether oxygens (including phenoxy) is 1. The Balaban J connectivity index is 0.000000477. The van der Waals surface area contributed by atoms with Gasteiger partial charge in [0.25, 0.3) is 0 Å². The molecule has 1 atom stereocenters. The molecule has 1 heterocycles. The molecule has 0 aromatic heterocycles. The maximum atomic E-state index is 12.4. The summed E-state index contributed by atoms with van der Waals surface area (Å²) in [5, 5.41) is 23.1. The van der Waals surface area contributed by atoms with Crippen molar-refractivity contribution in [1.82, 2.24) is 4.31 Å². The van der Waals surface area contributed by atoms with E-state index in [-0.39, 0.29) is 33.0 Å². The van der Waals surface area contributed by atoms with Crippen LogP contribution in [0.2, 0.25) is 0 Å². The van der Waals surface area contributed by atoms with Crippen molar-refractivity contribution in [2.75, 3.05) is 32.6 Å². The van der Waals surface area contributed by atoms with Crippen LogP contribution in [0.3, 0.4) is 0 Å². The van der Waals surface area contributed by atoms with Gasteiger partial charge in [0.1, 0.15) is 5.75 Å². The number of hydrogen-bond donors (Lipinski definition) is 3. The predicted octanol–water partition coefficient (Wildman–Crippen LogP) is 5.39. The predicted molar refractivity (Wildman–Crippen MR) is 157 cm³/mol. The SMILES string of the molecule is CCN1/C(=C\C=N)C(C)(Cc2ccc(S(=O)(=O)N(C)C)cc2)c2cc(OC)ccc21.N=C(O)c1ccccc1.[Co]. The van der Waals surface area contributed by atoms with Crippen molar-refractivity contribution in [3.63, 3.8) is 0 Å². The van der Waals surface area contributed by atoms with E-state index in [9.17, 15) is 8.42 Å². The number of benzene rings is 3. The van der Waals surface area contributed by atoms with Crippen LogP contribution in [-0.2, 0) is 38.6 Å². The van der Waals surface area contributed by atoms with E-state index in [1.165, 1.54) is 24.6 Å². The second-order valence-electron chi connectivity index (χ2n) is 9.50. The fourth-order valence-corrected chi connectivity index (χ4v) is 5.66. The van der Waals surface area contributed by atoms with Crippen LogP contribution in [0.25, 0.3) is 0 Å².